The molecule has 0 radical (unpaired) electrons. The zero-order valence-corrected chi connectivity index (χ0v) is 12.2. The lowest BCUT2D eigenvalue weighted by atomic mass is 10.1. The first-order chi connectivity index (χ1) is 8.12. The van der Waals surface area contributed by atoms with Gasteiger partial charge in [-0.2, -0.15) is 5.26 Å². The zero-order chi connectivity index (χ0) is 12.8. The van der Waals surface area contributed by atoms with E-state index in [-0.39, 0.29) is 0 Å². The van der Waals surface area contributed by atoms with Gasteiger partial charge in [-0.3, -0.25) is 0 Å². The van der Waals surface area contributed by atoms with Gasteiger partial charge < -0.3 is 4.74 Å². The fourth-order valence-corrected chi connectivity index (χ4v) is 2.36. The SMILES string of the molecule is CCC(CBr)COc1c(C)cc(C#N)cc1C. The summed E-state index contributed by atoms with van der Waals surface area (Å²) >= 11 is 3.49. The Morgan fingerprint density at radius 2 is 1.94 bits per heavy atom. The molecule has 92 valence electrons. The maximum Gasteiger partial charge on any atom is 0.125 e. The molecule has 0 aromatic heterocycles. The van der Waals surface area contributed by atoms with Gasteiger partial charge >= 0.3 is 0 Å². The van der Waals surface area contributed by atoms with Crippen LogP contribution in [0.4, 0.5) is 0 Å². The van der Waals surface area contributed by atoms with Gasteiger partial charge in [0.05, 0.1) is 18.2 Å². The molecule has 1 rings (SSSR count). The van der Waals surface area contributed by atoms with E-state index in [1.807, 2.05) is 26.0 Å². The largest absolute Gasteiger partial charge is 0.493 e. The number of halogens is 1. The van der Waals surface area contributed by atoms with E-state index in [2.05, 4.69) is 28.9 Å². The zero-order valence-electron chi connectivity index (χ0n) is 10.6. The highest BCUT2D eigenvalue weighted by Gasteiger charge is 2.10. The number of ether oxygens (including phenoxy) is 1. The van der Waals surface area contributed by atoms with Crippen molar-refractivity contribution in [3.63, 3.8) is 0 Å². The quantitative estimate of drug-likeness (QED) is 0.770. The monoisotopic (exact) mass is 295 g/mol. The summed E-state index contributed by atoms with van der Waals surface area (Å²) in [5.41, 5.74) is 2.76. The first kappa shape index (κ1) is 14.1. The molecular weight excluding hydrogens is 278 g/mol. The molecule has 3 heteroatoms. The Labute approximate surface area is 112 Å². The molecule has 0 aliphatic carbocycles. The van der Waals surface area contributed by atoms with Crippen molar-refractivity contribution in [2.45, 2.75) is 27.2 Å². The molecule has 0 aliphatic rings. The Morgan fingerprint density at radius 1 is 1.35 bits per heavy atom. The van der Waals surface area contributed by atoms with Crippen molar-refractivity contribution in [3.05, 3.63) is 28.8 Å². The third-order valence-corrected chi connectivity index (χ3v) is 3.76. The van der Waals surface area contributed by atoms with Crippen LogP contribution in [0.5, 0.6) is 5.75 Å². The predicted molar refractivity (Wildman–Crippen MR) is 73.7 cm³/mol. The minimum absolute atomic E-state index is 0.532. The summed E-state index contributed by atoms with van der Waals surface area (Å²) in [6, 6.07) is 5.90. The molecule has 0 bridgehead atoms. The second kappa shape index (κ2) is 6.66. The highest BCUT2D eigenvalue weighted by molar-refractivity contribution is 9.09. The smallest absolute Gasteiger partial charge is 0.125 e. The van der Waals surface area contributed by atoms with Crippen LogP contribution in [0.2, 0.25) is 0 Å². The van der Waals surface area contributed by atoms with E-state index in [0.717, 1.165) is 35.2 Å². The fraction of sp³-hybridized carbons (Fsp3) is 0.500. The van der Waals surface area contributed by atoms with Gasteiger partial charge in [-0.1, -0.05) is 22.9 Å². The summed E-state index contributed by atoms with van der Waals surface area (Å²) in [5, 5.41) is 9.83. The van der Waals surface area contributed by atoms with Crippen molar-refractivity contribution in [1.82, 2.24) is 0 Å². The second-order valence-corrected chi connectivity index (χ2v) is 4.94. The normalized spacial score (nSPS) is 11.9. The molecule has 0 spiro atoms. The number of aryl methyl sites for hydroxylation is 2. The average Bonchev–Trinajstić information content (AvgIpc) is 2.32. The van der Waals surface area contributed by atoms with E-state index in [0.29, 0.717) is 11.5 Å². The maximum absolute atomic E-state index is 8.87. The van der Waals surface area contributed by atoms with Crippen LogP contribution in [-0.2, 0) is 0 Å². The van der Waals surface area contributed by atoms with Crippen LogP contribution >= 0.6 is 15.9 Å². The molecule has 0 aliphatic heterocycles. The van der Waals surface area contributed by atoms with Crippen LogP contribution in [0.25, 0.3) is 0 Å². The van der Waals surface area contributed by atoms with E-state index in [4.69, 9.17) is 10.00 Å². The molecule has 1 aromatic rings. The molecule has 0 fully saturated rings. The predicted octanol–water partition coefficient (Wildman–Crippen LogP) is 3.98. The van der Waals surface area contributed by atoms with Gasteiger partial charge in [-0.25, -0.2) is 0 Å². The molecular formula is C14H18BrNO. The van der Waals surface area contributed by atoms with Crippen molar-refractivity contribution in [1.29, 1.82) is 5.26 Å². The third-order valence-electron chi connectivity index (χ3n) is 2.85. The van der Waals surface area contributed by atoms with Crippen LogP contribution in [0, 0.1) is 31.1 Å². The average molecular weight is 296 g/mol. The number of nitriles is 1. The molecule has 0 saturated heterocycles. The highest BCUT2D eigenvalue weighted by atomic mass is 79.9. The first-order valence-electron chi connectivity index (χ1n) is 5.82. The standard InChI is InChI=1S/C14H18BrNO/c1-4-12(7-15)9-17-14-10(2)5-13(8-16)6-11(14)3/h5-6,12H,4,7,9H2,1-3H3. The van der Waals surface area contributed by atoms with Gasteiger partial charge in [-0.05, 0) is 43.5 Å². The van der Waals surface area contributed by atoms with Crippen molar-refractivity contribution < 1.29 is 4.74 Å². The summed E-state index contributed by atoms with van der Waals surface area (Å²) in [6.07, 6.45) is 1.10. The second-order valence-electron chi connectivity index (χ2n) is 4.29. The number of nitrogens with zero attached hydrogens (tertiary/aromatic N) is 1. The first-order valence-corrected chi connectivity index (χ1v) is 6.94. The Kier molecular flexibility index (Phi) is 5.50. The molecule has 1 atom stereocenters. The van der Waals surface area contributed by atoms with Crippen LogP contribution < -0.4 is 4.74 Å². The van der Waals surface area contributed by atoms with Gasteiger partial charge in [0.2, 0.25) is 0 Å². The van der Waals surface area contributed by atoms with E-state index < -0.39 is 0 Å². The van der Waals surface area contributed by atoms with Crippen LogP contribution in [0.15, 0.2) is 12.1 Å². The lowest BCUT2D eigenvalue weighted by Gasteiger charge is -2.16. The Bertz CT molecular complexity index is 396. The topological polar surface area (TPSA) is 33.0 Å². The van der Waals surface area contributed by atoms with E-state index in [1.165, 1.54) is 0 Å². The Morgan fingerprint density at radius 3 is 2.35 bits per heavy atom. The van der Waals surface area contributed by atoms with E-state index in [9.17, 15) is 0 Å². The van der Waals surface area contributed by atoms with Crippen molar-refractivity contribution in [2.24, 2.45) is 5.92 Å². The highest BCUT2D eigenvalue weighted by Crippen LogP contribution is 2.25. The van der Waals surface area contributed by atoms with E-state index >= 15 is 0 Å². The summed E-state index contributed by atoms with van der Waals surface area (Å²) < 4.78 is 5.87. The minimum Gasteiger partial charge on any atom is -0.493 e. The summed E-state index contributed by atoms with van der Waals surface area (Å²) in [4.78, 5) is 0. The number of hydrogen-bond acceptors (Lipinski definition) is 2. The fourth-order valence-electron chi connectivity index (χ4n) is 1.72. The molecule has 0 saturated carbocycles. The molecule has 0 heterocycles. The number of alkyl halides is 1. The summed E-state index contributed by atoms with van der Waals surface area (Å²) in [7, 11) is 0. The van der Waals surface area contributed by atoms with Crippen molar-refractivity contribution in [2.75, 3.05) is 11.9 Å². The van der Waals surface area contributed by atoms with Gasteiger partial charge in [0.15, 0.2) is 0 Å². The van der Waals surface area contributed by atoms with Gasteiger partial charge in [0, 0.05) is 11.2 Å². The van der Waals surface area contributed by atoms with Crippen molar-refractivity contribution in [3.8, 4) is 11.8 Å². The van der Waals surface area contributed by atoms with Gasteiger partial charge in [0.25, 0.3) is 0 Å². The number of hydrogen-bond donors (Lipinski definition) is 0. The Balaban J connectivity index is 2.82. The molecule has 1 aromatic carbocycles. The number of rotatable bonds is 5. The number of benzene rings is 1. The summed E-state index contributed by atoms with van der Waals surface area (Å²) in [5.74, 6) is 1.45. The minimum atomic E-state index is 0.532. The maximum atomic E-state index is 8.87. The molecule has 1 unspecified atom stereocenters. The van der Waals surface area contributed by atoms with Crippen molar-refractivity contribution >= 4 is 15.9 Å². The van der Waals surface area contributed by atoms with Gasteiger partial charge in [-0.15, -0.1) is 0 Å². The third kappa shape index (κ3) is 3.74. The lowest BCUT2D eigenvalue weighted by Crippen LogP contribution is -2.13. The van der Waals surface area contributed by atoms with Crippen LogP contribution in [-0.4, -0.2) is 11.9 Å². The molecule has 17 heavy (non-hydrogen) atoms. The summed E-state index contributed by atoms with van der Waals surface area (Å²) in [6.45, 7) is 6.85. The van der Waals surface area contributed by atoms with E-state index in [1.54, 1.807) is 0 Å². The van der Waals surface area contributed by atoms with Gasteiger partial charge in [0.1, 0.15) is 5.75 Å². The Hall–Kier alpha value is -1.01. The molecule has 0 amide bonds. The van der Waals surface area contributed by atoms with Crippen LogP contribution in [0.1, 0.15) is 30.0 Å². The van der Waals surface area contributed by atoms with Crippen LogP contribution in [0.3, 0.4) is 0 Å². The molecule has 0 N–H and O–H groups in total. The lowest BCUT2D eigenvalue weighted by molar-refractivity contribution is 0.257. The molecule has 2 nitrogen and oxygen atoms in total.